The fourth-order valence-electron chi connectivity index (χ4n) is 1.42. The second-order valence-corrected chi connectivity index (χ2v) is 3.98. The Morgan fingerprint density at radius 3 is 2.56 bits per heavy atom. The molecule has 0 bridgehead atoms. The van der Waals surface area contributed by atoms with Crippen LogP contribution in [0.25, 0.3) is 5.69 Å². The molecule has 3 nitrogen and oxygen atoms in total. The van der Waals surface area contributed by atoms with Gasteiger partial charge in [0.15, 0.2) is 0 Å². The quantitative estimate of drug-likeness (QED) is 0.893. The molecule has 5 heteroatoms. The van der Waals surface area contributed by atoms with Crippen molar-refractivity contribution in [2.45, 2.75) is 0 Å². The molecule has 0 aliphatic heterocycles. The van der Waals surface area contributed by atoms with Crippen molar-refractivity contribution in [2.24, 2.45) is 0 Å². The average Bonchev–Trinajstić information content (AvgIpc) is 2.71. The first-order valence-electron chi connectivity index (χ1n) is 4.45. The van der Waals surface area contributed by atoms with E-state index >= 15 is 0 Å². The highest BCUT2D eigenvalue weighted by Crippen LogP contribution is 2.25. The molecule has 2 rings (SSSR count). The first-order chi connectivity index (χ1) is 7.59. The van der Waals surface area contributed by atoms with Crippen LogP contribution in [0.15, 0.2) is 36.5 Å². The zero-order valence-electron chi connectivity index (χ0n) is 8.02. The predicted molar refractivity (Wildman–Crippen MR) is 62.7 cm³/mol. The standard InChI is InChI=1S/C11H7Cl2NO2/c12-8-4-3-7(6-9(8)13)14-5-1-2-10(14)11(15)16/h1-6H,(H,15,16). The number of nitrogens with zero attached hydrogens (tertiary/aromatic N) is 1. The van der Waals surface area contributed by atoms with E-state index in [-0.39, 0.29) is 5.69 Å². The zero-order valence-corrected chi connectivity index (χ0v) is 9.53. The fraction of sp³-hybridized carbons (Fsp3) is 0. The van der Waals surface area contributed by atoms with Crippen LogP contribution in [0.3, 0.4) is 0 Å². The predicted octanol–water partition coefficient (Wildman–Crippen LogP) is 3.48. The van der Waals surface area contributed by atoms with Crippen LogP contribution in [0.4, 0.5) is 0 Å². The molecule has 0 radical (unpaired) electrons. The van der Waals surface area contributed by atoms with Crippen molar-refractivity contribution in [2.75, 3.05) is 0 Å². The van der Waals surface area contributed by atoms with Crippen molar-refractivity contribution in [1.29, 1.82) is 0 Å². The number of rotatable bonds is 2. The maximum atomic E-state index is 10.9. The number of carboxylic acids is 1. The second kappa shape index (κ2) is 4.20. The topological polar surface area (TPSA) is 42.2 Å². The first kappa shape index (κ1) is 11.0. The Balaban J connectivity index is 2.54. The minimum Gasteiger partial charge on any atom is -0.477 e. The van der Waals surface area contributed by atoms with Crippen LogP contribution in [-0.4, -0.2) is 15.6 Å². The van der Waals surface area contributed by atoms with Crippen LogP contribution in [-0.2, 0) is 0 Å². The molecule has 1 aromatic heterocycles. The highest BCUT2D eigenvalue weighted by molar-refractivity contribution is 6.42. The van der Waals surface area contributed by atoms with Gasteiger partial charge in [0.05, 0.1) is 10.0 Å². The third kappa shape index (κ3) is 1.92. The van der Waals surface area contributed by atoms with Crippen molar-refractivity contribution >= 4 is 29.2 Å². The third-order valence-electron chi connectivity index (χ3n) is 2.15. The van der Waals surface area contributed by atoms with Gasteiger partial charge in [0, 0.05) is 11.9 Å². The molecule has 0 spiro atoms. The average molecular weight is 256 g/mol. The summed E-state index contributed by atoms with van der Waals surface area (Å²) in [5, 5.41) is 9.79. The van der Waals surface area contributed by atoms with E-state index in [0.717, 1.165) is 0 Å². The summed E-state index contributed by atoms with van der Waals surface area (Å²) in [5.74, 6) is -0.990. The number of hydrogen-bond donors (Lipinski definition) is 1. The van der Waals surface area contributed by atoms with Crippen LogP contribution in [0.5, 0.6) is 0 Å². The van der Waals surface area contributed by atoms with Crippen LogP contribution >= 0.6 is 23.2 Å². The van der Waals surface area contributed by atoms with E-state index < -0.39 is 5.97 Å². The minimum absolute atomic E-state index is 0.179. The van der Waals surface area contributed by atoms with Crippen LogP contribution in [0, 0.1) is 0 Å². The lowest BCUT2D eigenvalue weighted by molar-refractivity contribution is 0.0688. The van der Waals surface area contributed by atoms with Crippen molar-refractivity contribution in [1.82, 2.24) is 4.57 Å². The Labute approximate surface area is 102 Å². The number of carbonyl (C=O) groups is 1. The normalized spacial score (nSPS) is 10.4. The maximum absolute atomic E-state index is 10.9. The summed E-state index contributed by atoms with van der Waals surface area (Å²) in [7, 11) is 0. The van der Waals surface area contributed by atoms with Gasteiger partial charge in [-0.1, -0.05) is 23.2 Å². The van der Waals surface area contributed by atoms with Gasteiger partial charge in [-0.05, 0) is 30.3 Å². The molecule has 2 aromatic rings. The van der Waals surface area contributed by atoms with Crippen molar-refractivity contribution in [3.63, 3.8) is 0 Å². The van der Waals surface area contributed by atoms with E-state index in [1.54, 1.807) is 30.5 Å². The van der Waals surface area contributed by atoms with Gasteiger partial charge in [0.1, 0.15) is 5.69 Å². The smallest absolute Gasteiger partial charge is 0.352 e. The summed E-state index contributed by atoms with van der Waals surface area (Å²) in [4.78, 5) is 10.9. The number of carboxylic acid groups (broad SMARTS) is 1. The zero-order chi connectivity index (χ0) is 11.7. The number of benzene rings is 1. The van der Waals surface area contributed by atoms with E-state index in [1.807, 2.05) is 0 Å². The number of aromatic nitrogens is 1. The molecule has 0 saturated carbocycles. The van der Waals surface area contributed by atoms with Gasteiger partial charge in [0.2, 0.25) is 0 Å². The molecule has 0 aliphatic rings. The summed E-state index contributed by atoms with van der Waals surface area (Å²) in [6, 6.07) is 8.14. The molecule has 0 fully saturated rings. The number of aromatic carboxylic acids is 1. The van der Waals surface area contributed by atoms with E-state index in [1.165, 1.54) is 10.6 Å². The van der Waals surface area contributed by atoms with E-state index in [2.05, 4.69) is 0 Å². The molecule has 0 saturated heterocycles. The molecule has 0 unspecified atom stereocenters. The molecule has 0 amide bonds. The molecule has 16 heavy (non-hydrogen) atoms. The summed E-state index contributed by atoms with van der Waals surface area (Å²) in [5.41, 5.74) is 0.843. The molecular formula is C11H7Cl2NO2. The Hall–Kier alpha value is -1.45. The highest BCUT2D eigenvalue weighted by Gasteiger charge is 2.10. The van der Waals surface area contributed by atoms with E-state index in [9.17, 15) is 4.79 Å². The van der Waals surface area contributed by atoms with Crippen molar-refractivity contribution < 1.29 is 9.90 Å². The van der Waals surface area contributed by atoms with Crippen LogP contribution < -0.4 is 0 Å². The molecule has 82 valence electrons. The molecule has 0 atom stereocenters. The van der Waals surface area contributed by atoms with E-state index in [0.29, 0.717) is 15.7 Å². The summed E-state index contributed by atoms with van der Waals surface area (Å²) < 4.78 is 1.53. The molecule has 0 aliphatic carbocycles. The monoisotopic (exact) mass is 255 g/mol. The van der Waals surface area contributed by atoms with Crippen LogP contribution in [0.2, 0.25) is 10.0 Å². The fourth-order valence-corrected chi connectivity index (χ4v) is 1.71. The second-order valence-electron chi connectivity index (χ2n) is 3.17. The van der Waals surface area contributed by atoms with Crippen molar-refractivity contribution in [3.8, 4) is 5.69 Å². The lowest BCUT2D eigenvalue weighted by Gasteiger charge is -2.07. The Morgan fingerprint density at radius 1 is 1.19 bits per heavy atom. The Kier molecular flexibility index (Phi) is 2.90. The molecule has 1 aromatic carbocycles. The number of hydrogen-bond acceptors (Lipinski definition) is 1. The van der Waals surface area contributed by atoms with Gasteiger partial charge in [-0.3, -0.25) is 0 Å². The molecule has 1 N–H and O–H groups in total. The van der Waals surface area contributed by atoms with Gasteiger partial charge in [-0.25, -0.2) is 4.79 Å². The van der Waals surface area contributed by atoms with Gasteiger partial charge in [0.25, 0.3) is 0 Å². The summed E-state index contributed by atoms with van der Waals surface area (Å²) in [6.45, 7) is 0. The lowest BCUT2D eigenvalue weighted by atomic mass is 10.3. The lowest BCUT2D eigenvalue weighted by Crippen LogP contribution is -2.05. The largest absolute Gasteiger partial charge is 0.477 e. The Morgan fingerprint density at radius 2 is 1.94 bits per heavy atom. The maximum Gasteiger partial charge on any atom is 0.352 e. The van der Waals surface area contributed by atoms with Gasteiger partial charge >= 0.3 is 5.97 Å². The summed E-state index contributed by atoms with van der Waals surface area (Å²) >= 11 is 11.7. The first-order valence-corrected chi connectivity index (χ1v) is 5.21. The highest BCUT2D eigenvalue weighted by atomic mass is 35.5. The Bertz CT molecular complexity index is 549. The minimum atomic E-state index is -0.990. The van der Waals surface area contributed by atoms with E-state index in [4.69, 9.17) is 28.3 Å². The number of halogens is 2. The molecule has 1 heterocycles. The third-order valence-corrected chi connectivity index (χ3v) is 2.89. The van der Waals surface area contributed by atoms with Crippen LogP contribution in [0.1, 0.15) is 10.5 Å². The SMILES string of the molecule is O=C(O)c1cccn1-c1ccc(Cl)c(Cl)c1. The van der Waals surface area contributed by atoms with Gasteiger partial charge < -0.3 is 9.67 Å². The van der Waals surface area contributed by atoms with Gasteiger partial charge in [-0.2, -0.15) is 0 Å². The molecular weight excluding hydrogens is 249 g/mol. The summed E-state index contributed by atoms with van der Waals surface area (Å²) in [6.07, 6.45) is 1.66. The van der Waals surface area contributed by atoms with Crippen molar-refractivity contribution in [3.05, 3.63) is 52.3 Å². The van der Waals surface area contributed by atoms with Gasteiger partial charge in [-0.15, -0.1) is 0 Å².